The Morgan fingerprint density at radius 1 is 1.28 bits per heavy atom. The van der Waals surface area contributed by atoms with Crippen LogP contribution in [0.2, 0.25) is 0 Å². The molecule has 1 saturated heterocycles. The maximum absolute atomic E-state index is 12.3. The Morgan fingerprint density at radius 3 is 2.64 bits per heavy atom. The van der Waals surface area contributed by atoms with Crippen LogP contribution in [0.15, 0.2) is 16.5 Å². The number of carbonyl (C=O) groups is 2. The van der Waals surface area contributed by atoms with Crippen molar-refractivity contribution in [2.24, 2.45) is 17.8 Å². The molecule has 1 aliphatic heterocycles. The summed E-state index contributed by atoms with van der Waals surface area (Å²) in [5.74, 6) is 2.32. The van der Waals surface area contributed by atoms with Gasteiger partial charge in [0, 0.05) is 32.1 Å². The standard InChI is InChI=1S/C19H29N3O3/c1-12(2)15-10-22(9-14-7-8-17(25-14)19(24)20-3)11-16(15)21-18(23)13-5-4-6-13/h7-8,12-13,15-16H,4-6,9-11H2,1-3H3,(H,20,24)(H,21,23)/t15-,16+/m0/s1. The Labute approximate surface area is 149 Å². The fraction of sp³-hybridized carbons (Fsp3) is 0.684. The van der Waals surface area contributed by atoms with Gasteiger partial charge in [-0.2, -0.15) is 0 Å². The summed E-state index contributed by atoms with van der Waals surface area (Å²) in [7, 11) is 1.59. The zero-order valence-electron chi connectivity index (χ0n) is 15.4. The summed E-state index contributed by atoms with van der Waals surface area (Å²) in [6.45, 7) is 6.86. The SMILES string of the molecule is CNC(=O)c1ccc(CN2C[C@@H](NC(=O)C3CCC3)[C@H](C(C)C)C2)o1. The molecule has 0 bridgehead atoms. The predicted molar refractivity (Wildman–Crippen MR) is 95.0 cm³/mol. The topological polar surface area (TPSA) is 74.6 Å². The Balaban J connectivity index is 1.60. The summed E-state index contributed by atoms with van der Waals surface area (Å²) in [5, 5.41) is 5.85. The number of hydrogen-bond acceptors (Lipinski definition) is 4. The first-order chi connectivity index (χ1) is 12.0. The summed E-state index contributed by atoms with van der Waals surface area (Å²) in [5.41, 5.74) is 0. The largest absolute Gasteiger partial charge is 0.455 e. The highest BCUT2D eigenvalue weighted by Gasteiger charge is 2.37. The van der Waals surface area contributed by atoms with E-state index in [4.69, 9.17) is 4.42 Å². The third-order valence-corrected chi connectivity index (χ3v) is 5.59. The minimum Gasteiger partial charge on any atom is -0.455 e. The molecule has 6 heteroatoms. The van der Waals surface area contributed by atoms with Crippen LogP contribution in [0.5, 0.6) is 0 Å². The zero-order valence-corrected chi connectivity index (χ0v) is 15.4. The molecule has 2 aliphatic rings. The molecule has 2 atom stereocenters. The van der Waals surface area contributed by atoms with Gasteiger partial charge < -0.3 is 15.1 Å². The number of nitrogens with one attached hydrogen (secondary N) is 2. The lowest BCUT2D eigenvalue weighted by molar-refractivity contribution is -0.128. The maximum atomic E-state index is 12.3. The molecule has 138 valence electrons. The summed E-state index contributed by atoms with van der Waals surface area (Å²) < 4.78 is 5.63. The second kappa shape index (κ2) is 7.60. The van der Waals surface area contributed by atoms with E-state index in [0.29, 0.717) is 24.1 Å². The highest BCUT2D eigenvalue weighted by atomic mass is 16.4. The summed E-state index contributed by atoms with van der Waals surface area (Å²) in [4.78, 5) is 26.3. The van der Waals surface area contributed by atoms with Crippen molar-refractivity contribution in [2.45, 2.75) is 45.7 Å². The Hall–Kier alpha value is -1.82. The molecule has 0 spiro atoms. The molecular weight excluding hydrogens is 318 g/mol. The fourth-order valence-electron chi connectivity index (χ4n) is 3.77. The van der Waals surface area contributed by atoms with Crippen molar-refractivity contribution < 1.29 is 14.0 Å². The number of carbonyl (C=O) groups excluding carboxylic acids is 2. The van der Waals surface area contributed by atoms with E-state index in [-0.39, 0.29) is 23.8 Å². The van der Waals surface area contributed by atoms with Crippen LogP contribution in [-0.4, -0.2) is 42.9 Å². The smallest absolute Gasteiger partial charge is 0.286 e. The van der Waals surface area contributed by atoms with Crippen LogP contribution in [0.3, 0.4) is 0 Å². The van der Waals surface area contributed by atoms with E-state index in [2.05, 4.69) is 29.4 Å². The van der Waals surface area contributed by atoms with E-state index < -0.39 is 0 Å². The van der Waals surface area contributed by atoms with Crippen molar-refractivity contribution in [2.75, 3.05) is 20.1 Å². The zero-order chi connectivity index (χ0) is 18.0. The molecule has 1 saturated carbocycles. The normalized spacial score (nSPS) is 24.3. The molecular formula is C19H29N3O3. The average molecular weight is 347 g/mol. The van der Waals surface area contributed by atoms with Crippen LogP contribution >= 0.6 is 0 Å². The van der Waals surface area contributed by atoms with Gasteiger partial charge in [-0.15, -0.1) is 0 Å². The minimum absolute atomic E-state index is 0.196. The van der Waals surface area contributed by atoms with Gasteiger partial charge in [-0.1, -0.05) is 20.3 Å². The van der Waals surface area contributed by atoms with Gasteiger partial charge in [0.15, 0.2) is 5.76 Å². The van der Waals surface area contributed by atoms with Crippen LogP contribution < -0.4 is 10.6 Å². The monoisotopic (exact) mass is 347 g/mol. The third-order valence-electron chi connectivity index (χ3n) is 5.59. The first-order valence-corrected chi connectivity index (χ1v) is 9.31. The van der Waals surface area contributed by atoms with Crippen LogP contribution in [0, 0.1) is 17.8 Å². The van der Waals surface area contributed by atoms with Crippen molar-refractivity contribution in [3.63, 3.8) is 0 Å². The quantitative estimate of drug-likeness (QED) is 0.825. The molecule has 3 rings (SSSR count). The first-order valence-electron chi connectivity index (χ1n) is 9.31. The predicted octanol–water partition coefficient (Wildman–Crippen LogP) is 2.01. The van der Waals surface area contributed by atoms with E-state index >= 15 is 0 Å². The van der Waals surface area contributed by atoms with Gasteiger partial charge in [-0.3, -0.25) is 14.5 Å². The van der Waals surface area contributed by atoms with Crippen molar-refractivity contribution in [3.05, 3.63) is 23.7 Å². The van der Waals surface area contributed by atoms with Crippen molar-refractivity contribution in [1.29, 1.82) is 0 Å². The molecule has 0 radical (unpaired) electrons. The molecule has 25 heavy (non-hydrogen) atoms. The van der Waals surface area contributed by atoms with Gasteiger partial charge in [0.2, 0.25) is 5.91 Å². The Morgan fingerprint density at radius 2 is 2.04 bits per heavy atom. The minimum atomic E-state index is -0.210. The van der Waals surface area contributed by atoms with Gasteiger partial charge in [0.05, 0.1) is 6.54 Å². The van der Waals surface area contributed by atoms with E-state index in [0.717, 1.165) is 31.7 Å². The summed E-state index contributed by atoms with van der Waals surface area (Å²) >= 11 is 0. The first kappa shape index (κ1) is 18.0. The lowest BCUT2D eigenvalue weighted by Gasteiger charge is -2.29. The van der Waals surface area contributed by atoms with E-state index in [9.17, 15) is 9.59 Å². The molecule has 1 aromatic rings. The maximum Gasteiger partial charge on any atom is 0.286 e. The van der Waals surface area contributed by atoms with Gasteiger partial charge in [0.25, 0.3) is 5.91 Å². The van der Waals surface area contributed by atoms with Crippen LogP contribution in [-0.2, 0) is 11.3 Å². The molecule has 0 aromatic carbocycles. The second-order valence-electron chi connectivity index (χ2n) is 7.69. The van der Waals surface area contributed by atoms with E-state index in [1.54, 1.807) is 13.1 Å². The second-order valence-corrected chi connectivity index (χ2v) is 7.69. The number of amides is 2. The molecule has 0 unspecified atom stereocenters. The molecule has 6 nitrogen and oxygen atoms in total. The molecule has 1 aromatic heterocycles. The van der Waals surface area contributed by atoms with E-state index in [1.165, 1.54) is 6.42 Å². The highest BCUT2D eigenvalue weighted by Crippen LogP contribution is 2.29. The van der Waals surface area contributed by atoms with Crippen LogP contribution in [0.1, 0.15) is 49.4 Å². The average Bonchev–Trinajstić information content (AvgIpc) is 3.12. The lowest BCUT2D eigenvalue weighted by atomic mass is 9.84. The molecule has 2 N–H and O–H groups in total. The number of likely N-dealkylation sites (tertiary alicyclic amines) is 1. The van der Waals surface area contributed by atoms with Crippen molar-refractivity contribution >= 4 is 11.8 Å². The Kier molecular flexibility index (Phi) is 5.47. The summed E-state index contributed by atoms with van der Waals surface area (Å²) in [6, 6.07) is 3.76. The third kappa shape index (κ3) is 4.06. The highest BCUT2D eigenvalue weighted by molar-refractivity contribution is 5.91. The number of hydrogen-bond donors (Lipinski definition) is 2. The van der Waals surface area contributed by atoms with Crippen LogP contribution in [0.25, 0.3) is 0 Å². The van der Waals surface area contributed by atoms with Gasteiger partial charge in [0.1, 0.15) is 5.76 Å². The lowest BCUT2D eigenvalue weighted by Crippen LogP contribution is -2.45. The number of furan rings is 1. The number of rotatable bonds is 6. The molecule has 2 amide bonds. The molecule has 2 heterocycles. The van der Waals surface area contributed by atoms with Crippen molar-refractivity contribution in [3.8, 4) is 0 Å². The summed E-state index contributed by atoms with van der Waals surface area (Å²) in [6.07, 6.45) is 3.24. The fourth-order valence-corrected chi connectivity index (χ4v) is 3.77. The molecule has 2 fully saturated rings. The van der Waals surface area contributed by atoms with Gasteiger partial charge in [-0.25, -0.2) is 0 Å². The van der Waals surface area contributed by atoms with Crippen molar-refractivity contribution in [1.82, 2.24) is 15.5 Å². The van der Waals surface area contributed by atoms with Gasteiger partial charge >= 0.3 is 0 Å². The molecule has 1 aliphatic carbocycles. The Bertz CT molecular complexity index is 621. The van der Waals surface area contributed by atoms with E-state index in [1.807, 2.05) is 6.07 Å². The number of nitrogens with zero attached hydrogens (tertiary/aromatic N) is 1. The van der Waals surface area contributed by atoms with Crippen LogP contribution in [0.4, 0.5) is 0 Å². The van der Waals surface area contributed by atoms with Gasteiger partial charge in [-0.05, 0) is 36.8 Å².